The fourth-order valence-corrected chi connectivity index (χ4v) is 2.55. The van der Waals surface area contributed by atoms with Crippen LogP contribution in [0.2, 0.25) is 0 Å². The second kappa shape index (κ2) is 4.16. The minimum Gasteiger partial charge on any atom is -0.0776 e. The van der Waals surface area contributed by atoms with E-state index in [-0.39, 0.29) is 7.43 Å². The highest BCUT2D eigenvalue weighted by Crippen LogP contribution is 2.33. The van der Waals surface area contributed by atoms with Crippen molar-refractivity contribution in [1.29, 1.82) is 0 Å². The number of rotatable bonds is 0. The highest BCUT2D eigenvalue weighted by atomic mass is 14.2. The van der Waals surface area contributed by atoms with Gasteiger partial charge < -0.3 is 0 Å². The first-order valence-corrected chi connectivity index (χ1v) is 5.28. The number of aryl methyl sites for hydroxylation is 2. The number of benzene rings is 1. The molecule has 0 saturated heterocycles. The molecule has 0 amide bonds. The van der Waals surface area contributed by atoms with Crippen LogP contribution in [0.1, 0.15) is 55.4 Å². The molecule has 0 aliphatic heterocycles. The molecule has 14 heavy (non-hydrogen) atoms. The van der Waals surface area contributed by atoms with Crippen molar-refractivity contribution in [1.82, 2.24) is 0 Å². The van der Waals surface area contributed by atoms with E-state index in [2.05, 4.69) is 32.9 Å². The van der Waals surface area contributed by atoms with Crippen molar-refractivity contribution in [3.63, 3.8) is 0 Å². The van der Waals surface area contributed by atoms with E-state index in [1.807, 2.05) is 0 Å². The predicted octanol–water partition coefficient (Wildman–Crippen LogP) is 4.38. The summed E-state index contributed by atoms with van der Waals surface area (Å²) in [4.78, 5) is 0. The van der Waals surface area contributed by atoms with E-state index in [4.69, 9.17) is 0 Å². The van der Waals surface area contributed by atoms with E-state index in [1.165, 1.54) is 30.4 Å². The molecular formula is C14H22. The van der Waals surface area contributed by atoms with Crippen molar-refractivity contribution in [3.8, 4) is 0 Å². The third-order valence-electron chi connectivity index (χ3n) is 3.25. The third kappa shape index (κ3) is 1.84. The molecule has 1 unspecified atom stereocenters. The van der Waals surface area contributed by atoms with Crippen LogP contribution < -0.4 is 0 Å². The van der Waals surface area contributed by atoms with Crippen LogP contribution in [0, 0.1) is 13.8 Å². The Kier molecular flexibility index (Phi) is 3.36. The van der Waals surface area contributed by atoms with E-state index in [1.54, 1.807) is 11.1 Å². The number of hydrogen-bond donors (Lipinski definition) is 0. The van der Waals surface area contributed by atoms with Crippen LogP contribution >= 0.6 is 0 Å². The van der Waals surface area contributed by atoms with Crippen molar-refractivity contribution >= 4 is 0 Å². The van der Waals surface area contributed by atoms with Crippen molar-refractivity contribution in [2.75, 3.05) is 0 Å². The molecule has 1 aromatic rings. The fraction of sp³-hybridized carbons (Fsp3) is 0.571. The van der Waals surface area contributed by atoms with Crippen molar-refractivity contribution in [2.45, 2.75) is 53.4 Å². The molecule has 0 spiro atoms. The zero-order chi connectivity index (χ0) is 9.42. The second-order valence-corrected chi connectivity index (χ2v) is 4.44. The van der Waals surface area contributed by atoms with Crippen LogP contribution in [-0.2, 0) is 6.42 Å². The minimum atomic E-state index is 0. The van der Waals surface area contributed by atoms with Gasteiger partial charge in [0.2, 0.25) is 0 Å². The number of fused-ring (bicyclic) bond motifs is 1. The van der Waals surface area contributed by atoms with E-state index in [0.717, 1.165) is 5.92 Å². The molecule has 0 heterocycles. The molecule has 0 heteroatoms. The van der Waals surface area contributed by atoms with Crippen molar-refractivity contribution in [3.05, 3.63) is 34.4 Å². The van der Waals surface area contributed by atoms with Gasteiger partial charge in [-0.1, -0.05) is 32.0 Å². The average Bonchev–Trinajstić information content (AvgIpc) is 2.07. The van der Waals surface area contributed by atoms with E-state index in [0.29, 0.717) is 0 Å². The molecule has 0 saturated carbocycles. The highest BCUT2D eigenvalue weighted by molar-refractivity contribution is 5.41. The van der Waals surface area contributed by atoms with Crippen molar-refractivity contribution in [2.24, 2.45) is 0 Å². The molecule has 78 valence electrons. The Balaban J connectivity index is 0.000000980. The quantitative estimate of drug-likeness (QED) is 0.569. The predicted molar refractivity (Wildman–Crippen MR) is 64.0 cm³/mol. The summed E-state index contributed by atoms with van der Waals surface area (Å²) in [6, 6.07) is 4.70. The second-order valence-electron chi connectivity index (χ2n) is 4.44. The largest absolute Gasteiger partial charge is 0.0776 e. The lowest BCUT2D eigenvalue weighted by atomic mass is 9.81. The van der Waals surface area contributed by atoms with Gasteiger partial charge in [0, 0.05) is 0 Å². The summed E-state index contributed by atoms with van der Waals surface area (Å²) in [5.74, 6) is 0.780. The van der Waals surface area contributed by atoms with Crippen molar-refractivity contribution < 1.29 is 0 Å². The van der Waals surface area contributed by atoms with Gasteiger partial charge in [-0.25, -0.2) is 0 Å². The molecule has 1 aliphatic carbocycles. The first kappa shape index (κ1) is 11.3. The molecule has 0 nitrogen and oxygen atoms in total. The summed E-state index contributed by atoms with van der Waals surface area (Å²) in [7, 11) is 0. The van der Waals surface area contributed by atoms with Gasteiger partial charge in [0.05, 0.1) is 0 Å². The molecule has 0 bridgehead atoms. The molecule has 2 rings (SSSR count). The van der Waals surface area contributed by atoms with Gasteiger partial charge in [0.25, 0.3) is 0 Å². The summed E-state index contributed by atoms with van der Waals surface area (Å²) >= 11 is 0. The molecule has 1 aromatic carbocycles. The first-order valence-electron chi connectivity index (χ1n) is 5.28. The fourth-order valence-electron chi connectivity index (χ4n) is 2.55. The normalized spacial score (nSPS) is 19.8. The van der Waals surface area contributed by atoms with Gasteiger partial charge in [-0.2, -0.15) is 0 Å². The van der Waals surface area contributed by atoms with Gasteiger partial charge in [-0.3, -0.25) is 0 Å². The van der Waals surface area contributed by atoms with Gasteiger partial charge in [-0.05, 0) is 55.7 Å². The average molecular weight is 190 g/mol. The Bertz CT molecular complexity index is 323. The Morgan fingerprint density at radius 1 is 1.21 bits per heavy atom. The van der Waals surface area contributed by atoms with Crippen LogP contribution in [0.15, 0.2) is 12.1 Å². The smallest absolute Gasteiger partial charge is 0.0187 e. The highest BCUT2D eigenvalue weighted by Gasteiger charge is 2.17. The van der Waals surface area contributed by atoms with Gasteiger partial charge in [-0.15, -0.1) is 0 Å². The van der Waals surface area contributed by atoms with E-state index < -0.39 is 0 Å². The van der Waals surface area contributed by atoms with Crippen LogP contribution in [0.4, 0.5) is 0 Å². The first-order chi connectivity index (χ1) is 6.18. The van der Waals surface area contributed by atoms with Gasteiger partial charge in [0.15, 0.2) is 0 Å². The Morgan fingerprint density at radius 2 is 1.93 bits per heavy atom. The molecule has 0 radical (unpaired) electrons. The van der Waals surface area contributed by atoms with Gasteiger partial charge in [0.1, 0.15) is 0 Å². The summed E-state index contributed by atoms with van der Waals surface area (Å²) in [6.45, 7) is 6.81. The summed E-state index contributed by atoms with van der Waals surface area (Å²) in [6.07, 6.45) is 4.04. The Labute approximate surface area is 88.4 Å². The maximum absolute atomic E-state index is 2.38. The maximum Gasteiger partial charge on any atom is -0.0187 e. The van der Waals surface area contributed by atoms with Crippen LogP contribution in [0.3, 0.4) is 0 Å². The van der Waals surface area contributed by atoms with Crippen LogP contribution in [0.25, 0.3) is 0 Å². The molecular weight excluding hydrogens is 168 g/mol. The Hall–Kier alpha value is -0.780. The summed E-state index contributed by atoms with van der Waals surface area (Å²) < 4.78 is 0. The Morgan fingerprint density at radius 3 is 2.64 bits per heavy atom. The van der Waals surface area contributed by atoms with E-state index in [9.17, 15) is 0 Å². The lowest BCUT2D eigenvalue weighted by molar-refractivity contribution is 0.587. The SMILES string of the molecule is C.Cc1cc(C)c2c(c1)C(C)CCC2. The topological polar surface area (TPSA) is 0 Å². The van der Waals surface area contributed by atoms with Crippen LogP contribution in [0.5, 0.6) is 0 Å². The minimum absolute atomic E-state index is 0. The van der Waals surface area contributed by atoms with Gasteiger partial charge >= 0.3 is 0 Å². The zero-order valence-electron chi connectivity index (χ0n) is 8.85. The standard InChI is InChI=1S/C13H18.CH4/c1-9-7-11(3)12-6-4-5-10(2)13(12)8-9;/h7-8,10H,4-6H2,1-3H3;1H4. The lowest BCUT2D eigenvalue weighted by Gasteiger charge is -2.24. The summed E-state index contributed by atoms with van der Waals surface area (Å²) in [5.41, 5.74) is 6.17. The van der Waals surface area contributed by atoms with E-state index >= 15 is 0 Å². The molecule has 0 N–H and O–H groups in total. The molecule has 0 aromatic heterocycles. The maximum atomic E-state index is 2.38. The van der Waals surface area contributed by atoms with Crippen LogP contribution in [-0.4, -0.2) is 0 Å². The lowest BCUT2D eigenvalue weighted by Crippen LogP contribution is -2.09. The monoisotopic (exact) mass is 190 g/mol. The zero-order valence-corrected chi connectivity index (χ0v) is 8.85. The summed E-state index contributed by atoms with van der Waals surface area (Å²) in [5, 5.41) is 0. The molecule has 0 fully saturated rings. The molecule has 1 atom stereocenters. The third-order valence-corrected chi connectivity index (χ3v) is 3.25. The molecule has 1 aliphatic rings. The number of hydrogen-bond acceptors (Lipinski definition) is 0.